The highest BCUT2D eigenvalue weighted by molar-refractivity contribution is 6.51. The number of ketones is 1. The molecule has 1 atom stereocenters. The maximum absolute atomic E-state index is 13.3. The molecule has 2 heterocycles. The molecule has 0 radical (unpaired) electrons. The maximum Gasteiger partial charge on any atom is 0.300 e. The maximum atomic E-state index is 13.3. The molecule has 1 saturated heterocycles. The molecule has 1 fully saturated rings. The van der Waals surface area contributed by atoms with Crippen molar-refractivity contribution in [1.82, 2.24) is 4.98 Å². The number of Topliss-reactive ketones (excluding diaryl/α,β-unsaturated/α-hetero) is 1. The predicted octanol–water partition coefficient (Wildman–Crippen LogP) is 5.48. The highest BCUT2D eigenvalue weighted by Gasteiger charge is 2.47. The molecule has 5 heteroatoms. The molecule has 1 aliphatic heterocycles. The minimum atomic E-state index is -0.840. The number of amides is 1. The first-order chi connectivity index (χ1) is 16.0. The number of anilines is 1. The minimum absolute atomic E-state index is 0.0354. The lowest BCUT2D eigenvalue weighted by Gasteiger charge is -2.25. The minimum Gasteiger partial charge on any atom is -0.507 e. The molecule has 33 heavy (non-hydrogen) atoms. The third-order valence-electron chi connectivity index (χ3n) is 6.23. The fraction of sp³-hybridized carbons (Fsp3) is 0.107. The first-order valence-electron chi connectivity index (χ1n) is 10.7. The average molecular weight is 434 g/mol. The van der Waals surface area contributed by atoms with Gasteiger partial charge in [-0.3, -0.25) is 19.5 Å². The Balaban J connectivity index is 1.77. The van der Waals surface area contributed by atoms with E-state index in [9.17, 15) is 14.7 Å². The van der Waals surface area contributed by atoms with Gasteiger partial charge in [0.2, 0.25) is 0 Å². The molecule has 1 amide bonds. The van der Waals surface area contributed by atoms with Crippen molar-refractivity contribution in [2.24, 2.45) is 0 Å². The Bertz CT molecular complexity index is 1440. The van der Waals surface area contributed by atoms with Crippen LogP contribution in [0.5, 0.6) is 0 Å². The first-order valence-corrected chi connectivity index (χ1v) is 10.7. The number of carbonyl (C=O) groups is 2. The van der Waals surface area contributed by atoms with Crippen molar-refractivity contribution in [3.8, 4) is 0 Å². The van der Waals surface area contributed by atoms with Crippen LogP contribution in [0.3, 0.4) is 0 Å². The number of rotatable bonds is 3. The molecule has 5 rings (SSSR count). The van der Waals surface area contributed by atoms with Gasteiger partial charge >= 0.3 is 0 Å². The van der Waals surface area contributed by atoms with Crippen molar-refractivity contribution in [2.75, 3.05) is 4.90 Å². The van der Waals surface area contributed by atoms with Crippen LogP contribution in [0, 0.1) is 13.8 Å². The van der Waals surface area contributed by atoms with Gasteiger partial charge in [0.1, 0.15) is 11.8 Å². The number of hydrogen-bond acceptors (Lipinski definition) is 4. The standard InChI is InChI=1S/C28H22N2O3/c1-17-13-14-20(16-18(17)2)30-25(23-12-5-6-15-29-23)24(27(32)28(30)33)26(31)22-11-7-9-19-8-3-4-10-21(19)22/h3-16,25,31H,1-2H3/b26-24-. The van der Waals surface area contributed by atoms with Crippen LogP contribution in [-0.4, -0.2) is 21.8 Å². The molecular formula is C28H22N2O3. The summed E-state index contributed by atoms with van der Waals surface area (Å²) in [5.74, 6) is -1.61. The monoisotopic (exact) mass is 434 g/mol. The van der Waals surface area contributed by atoms with Crippen molar-refractivity contribution in [2.45, 2.75) is 19.9 Å². The van der Waals surface area contributed by atoms with Gasteiger partial charge in [0.15, 0.2) is 0 Å². The van der Waals surface area contributed by atoms with Crippen LogP contribution >= 0.6 is 0 Å². The molecule has 0 saturated carbocycles. The van der Waals surface area contributed by atoms with Crippen LogP contribution in [-0.2, 0) is 9.59 Å². The van der Waals surface area contributed by atoms with E-state index in [0.29, 0.717) is 16.9 Å². The lowest BCUT2D eigenvalue weighted by atomic mass is 9.95. The van der Waals surface area contributed by atoms with E-state index in [1.807, 2.05) is 68.4 Å². The predicted molar refractivity (Wildman–Crippen MR) is 129 cm³/mol. The van der Waals surface area contributed by atoms with E-state index in [1.165, 1.54) is 4.90 Å². The molecule has 3 aromatic carbocycles. The summed E-state index contributed by atoms with van der Waals surface area (Å²) in [4.78, 5) is 32.5. The van der Waals surface area contributed by atoms with E-state index in [-0.39, 0.29) is 11.3 Å². The fourth-order valence-corrected chi connectivity index (χ4v) is 4.37. The van der Waals surface area contributed by atoms with E-state index < -0.39 is 17.7 Å². The Morgan fingerprint density at radius 1 is 0.879 bits per heavy atom. The van der Waals surface area contributed by atoms with Crippen LogP contribution in [0.15, 0.2) is 90.6 Å². The zero-order valence-corrected chi connectivity index (χ0v) is 18.3. The number of carbonyl (C=O) groups excluding carboxylic acids is 2. The molecule has 162 valence electrons. The number of aromatic nitrogens is 1. The number of aryl methyl sites for hydroxylation is 2. The zero-order valence-electron chi connectivity index (χ0n) is 18.3. The third-order valence-corrected chi connectivity index (χ3v) is 6.23. The summed E-state index contributed by atoms with van der Waals surface area (Å²) < 4.78 is 0. The smallest absolute Gasteiger partial charge is 0.300 e. The van der Waals surface area contributed by atoms with Crippen molar-refractivity contribution in [3.05, 3.63) is 113 Å². The number of fused-ring (bicyclic) bond motifs is 1. The molecule has 0 spiro atoms. The van der Waals surface area contributed by atoms with Crippen LogP contribution < -0.4 is 4.90 Å². The number of hydrogen-bond donors (Lipinski definition) is 1. The Kier molecular flexibility index (Phi) is 5.02. The van der Waals surface area contributed by atoms with Gasteiger partial charge in [0, 0.05) is 17.4 Å². The van der Waals surface area contributed by atoms with Crippen molar-refractivity contribution >= 4 is 33.9 Å². The van der Waals surface area contributed by atoms with Gasteiger partial charge in [-0.1, -0.05) is 54.6 Å². The van der Waals surface area contributed by atoms with Gasteiger partial charge in [0.05, 0.1) is 11.3 Å². The summed E-state index contributed by atoms with van der Waals surface area (Å²) in [5, 5.41) is 13.2. The number of aliphatic hydroxyl groups is 1. The highest BCUT2D eigenvalue weighted by Crippen LogP contribution is 2.42. The van der Waals surface area contributed by atoms with Gasteiger partial charge in [-0.15, -0.1) is 0 Å². The Hall–Kier alpha value is -4.25. The first kappa shape index (κ1) is 20.6. The van der Waals surface area contributed by atoms with Gasteiger partial charge in [-0.2, -0.15) is 0 Å². The van der Waals surface area contributed by atoms with Crippen LogP contribution in [0.2, 0.25) is 0 Å². The van der Waals surface area contributed by atoms with E-state index >= 15 is 0 Å². The number of benzene rings is 3. The number of nitrogens with zero attached hydrogens (tertiary/aromatic N) is 2. The third kappa shape index (κ3) is 3.38. The van der Waals surface area contributed by atoms with Gasteiger partial charge in [-0.05, 0) is 60.0 Å². The van der Waals surface area contributed by atoms with Crippen molar-refractivity contribution in [3.63, 3.8) is 0 Å². The van der Waals surface area contributed by atoms with Crippen LogP contribution in [0.1, 0.15) is 28.4 Å². The second-order valence-electron chi connectivity index (χ2n) is 8.22. The zero-order chi connectivity index (χ0) is 23.1. The summed E-state index contributed by atoms with van der Waals surface area (Å²) in [5.41, 5.74) is 3.73. The van der Waals surface area contributed by atoms with E-state index in [4.69, 9.17) is 0 Å². The number of pyridine rings is 1. The topological polar surface area (TPSA) is 70.5 Å². The van der Waals surface area contributed by atoms with Crippen molar-refractivity contribution < 1.29 is 14.7 Å². The second-order valence-corrected chi connectivity index (χ2v) is 8.22. The van der Waals surface area contributed by atoms with E-state index in [2.05, 4.69) is 4.98 Å². The lowest BCUT2D eigenvalue weighted by molar-refractivity contribution is -0.132. The molecule has 1 N–H and O–H groups in total. The summed E-state index contributed by atoms with van der Waals surface area (Å²) in [6, 6.07) is 23.3. The second kappa shape index (κ2) is 8.02. The van der Waals surface area contributed by atoms with Crippen LogP contribution in [0.4, 0.5) is 5.69 Å². The Morgan fingerprint density at radius 3 is 2.39 bits per heavy atom. The quantitative estimate of drug-likeness (QED) is 0.263. The molecule has 5 nitrogen and oxygen atoms in total. The normalized spacial score (nSPS) is 17.6. The molecule has 1 unspecified atom stereocenters. The SMILES string of the molecule is Cc1ccc(N2C(=O)C(=O)/C(=C(\O)c3cccc4ccccc34)C2c2ccccn2)cc1C. The van der Waals surface area contributed by atoms with E-state index in [0.717, 1.165) is 21.9 Å². The largest absolute Gasteiger partial charge is 0.507 e. The summed E-state index contributed by atoms with van der Waals surface area (Å²) >= 11 is 0. The molecule has 0 aliphatic carbocycles. The Morgan fingerprint density at radius 2 is 1.64 bits per heavy atom. The molecular weight excluding hydrogens is 412 g/mol. The summed E-state index contributed by atoms with van der Waals surface area (Å²) in [7, 11) is 0. The fourth-order valence-electron chi connectivity index (χ4n) is 4.37. The lowest BCUT2D eigenvalue weighted by Crippen LogP contribution is -2.29. The molecule has 1 aliphatic rings. The van der Waals surface area contributed by atoms with E-state index in [1.54, 1.807) is 30.5 Å². The summed E-state index contributed by atoms with van der Waals surface area (Å²) in [6.07, 6.45) is 1.62. The van der Waals surface area contributed by atoms with Gasteiger partial charge in [0.25, 0.3) is 11.7 Å². The molecule has 1 aromatic heterocycles. The summed E-state index contributed by atoms with van der Waals surface area (Å²) in [6.45, 7) is 3.95. The molecule has 0 bridgehead atoms. The van der Waals surface area contributed by atoms with Crippen LogP contribution in [0.25, 0.3) is 16.5 Å². The number of aliphatic hydroxyl groups excluding tert-OH is 1. The van der Waals surface area contributed by atoms with Gasteiger partial charge < -0.3 is 5.11 Å². The van der Waals surface area contributed by atoms with Gasteiger partial charge in [-0.25, -0.2) is 0 Å². The van der Waals surface area contributed by atoms with Crippen molar-refractivity contribution in [1.29, 1.82) is 0 Å². The highest BCUT2D eigenvalue weighted by atomic mass is 16.3. The Labute approximate surface area is 191 Å². The molecule has 4 aromatic rings. The average Bonchev–Trinajstić information content (AvgIpc) is 3.11.